The standard InChI is InChI=1S/C40H40N4/c1-23-18-25(3)32(26(4)19-23)34-35(33-27(5)20-24(2)21-28(33)6)42-37-36(41-34)43(29-14-10-9-11-15-29)38-40(8)22-39(40,7)30-16-12-13-17-31(30)44(37)38/h9-21,38H,22H2,1-8H3. The first-order valence-electron chi connectivity index (χ1n) is 15.8. The van der Waals surface area contributed by atoms with Crippen LogP contribution in [0.15, 0.2) is 78.9 Å². The Kier molecular flexibility index (Phi) is 5.58. The minimum atomic E-state index is 0.0330. The van der Waals surface area contributed by atoms with Gasteiger partial charge >= 0.3 is 0 Å². The van der Waals surface area contributed by atoms with Crippen LogP contribution in [0.1, 0.15) is 59.2 Å². The van der Waals surface area contributed by atoms with Crippen LogP contribution in [0.2, 0.25) is 0 Å². The van der Waals surface area contributed by atoms with E-state index in [9.17, 15) is 0 Å². The van der Waals surface area contributed by atoms with Crippen LogP contribution in [-0.4, -0.2) is 16.1 Å². The van der Waals surface area contributed by atoms with E-state index in [-0.39, 0.29) is 17.0 Å². The Balaban J connectivity index is 1.50. The fraction of sp³-hybridized carbons (Fsp3) is 0.300. The summed E-state index contributed by atoms with van der Waals surface area (Å²) in [7, 11) is 0. The van der Waals surface area contributed by atoms with Crippen molar-refractivity contribution < 1.29 is 0 Å². The van der Waals surface area contributed by atoms with Crippen LogP contribution in [-0.2, 0) is 5.41 Å². The van der Waals surface area contributed by atoms with Crippen molar-refractivity contribution in [2.45, 2.75) is 73.4 Å². The quantitative estimate of drug-likeness (QED) is 0.214. The second-order valence-electron chi connectivity index (χ2n) is 14.0. The topological polar surface area (TPSA) is 32.3 Å². The molecular formula is C40H40N4. The molecule has 1 aromatic heterocycles. The first-order chi connectivity index (χ1) is 21.0. The summed E-state index contributed by atoms with van der Waals surface area (Å²) in [6.45, 7) is 18.1. The molecule has 0 spiro atoms. The molecule has 3 unspecified atom stereocenters. The van der Waals surface area contributed by atoms with E-state index in [2.05, 4.69) is 144 Å². The summed E-state index contributed by atoms with van der Waals surface area (Å²) in [5, 5.41) is 0. The zero-order valence-corrected chi connectivity index (χ0v) is 27.1. The molecule has 1 saturated carbocycles. The minimum absolute atomic E-state index is 0.0330. The highest BCUT2D eigenvalue weighted by atomic mass is 15.5. The molecule has 5 aromatic rings. The van der Waals surface area contributed by atoms with Gasteiger partial charge in [-0.25, -0.2) is 9.97 Å². The predicted octanol–water partition coefficient (Wildman–Crippen LogP) is 9.96. The number of benzene rings is 4. The van der Waals surface area contributed by atoms with Crippen LogP contribution in [0.5, 0.6) is 0 Å². The Bertz CT molecular complexity index is 1960. The lowest BCUT2D eigenvalue weighted by molar-refractivity contribution is 0.371. The third-order valence-corrected chi connectivity index (χ3v) is 10.9. The lowest BCUT2D eigenvalue weighted by Crippen LogP contribution is -2.50. The van der Waals surface area contributed by atoms with Crippen molar-refractivity contribution in [3.63, 3.8) is 0 Å². The summed E-state index contributed by atoms with van der Waals surface area (Å²) in [5.74, 6) is 1.89. The van der Waals surface area contributed by atoms with Gasteiger partial charge in [0.1, 0.15) is 6.17 Å². The highest BCUT2D eigenvalue weighted by Crippen LogP contribution is 2.75. The molecule has 3 aliphatic rings. The van der Waals surface area contributed by atoms with Crippen molar-refractivity contribution in [2.24, 2.45) is 5.41 Å². The van der Waals surface area contributed by atoms with E-state index in [1.165, 1.54) is 55.8 Å². The molecule has 0 N–H and O–H groups in total. The monoisotopic (exact) mass is 576 g/mol. The van der Waals surface area contributed by atoms with Crippen LogP contribution >= 0.6 is 0 Å². The van der Waals surface area contributed by atoms with Crippen molar-refractivity contribution in [3.05, 3.63) is 118 Å². The van der Waals surface area contributed by atoms with Gasteiger partial charge in [-0.05, 0) is 94.0 Å². The molecule has 0 saturated heterocycles. The zero-order chi connectivity index (χ0) is 30.7. The summed E-state index contributed by atoms with van der Waals surface area (Å²) in [6, 6.07) is 28.9. The molecule has 0 radical (unpaired) electrons. The second-order valence-corrected chi connectivity index (χ2v) is 14.0. The molecule has 0 bridgehead atoms. The summed E-state index contributed by atoms with van der Waals surface area (Å²) in [6.07, 6.45) is 1.20. The molecule has 3 atom stereocenters. The maximum Gasteiger partial charge on any atom is 0.179 e. The van der Waals surface area contributed by atoms with Crippen molar-refractivity contribution in [1.82, 2.24) is 9.97 Å². The fourth-order valence-electron chi connectivity index (χ4n) is 8.83. The molecule has 220 valence electrons. The summed E-state index contributed by atoms with van der Waals surface area (Å²) in [5.41, 5.74) is 15.7. The Morgan fingerprint density at radius 1 is 0.614 bits per heavy atom. The van der Waals surface area contributed by atoms with Crippen molar-refractivity contribution in [3.8, 4) is 22.5 Å². The van der Waals surface area contributed by atoms with Gasteiger partial charge in [0.05, 0.1) is 11.4 Å². The second kappa shape index (κ2) is 9.04. The first-order valence-corrected chi connectivity index (χ1v) is 15.8. The highest BCUT2D eigenvalue weighted by Gasteiger charge is 2.73. The molecule has 4 aromatic carbocycles. The summed E-state index contributed by atoms with van der Waals surface area (Å²) < 4.78 is 0. The van der Waals surface area contributed by atoms with Crippen molar-refractivity contribution in [2.75, 3.05) is 9.80 Å². The van der Waals surface area contributed by atoms with Crippen LogP contribution in [0.4, 0.5) is 23.0 Å². The predicted molar refractivity (Wildman–Crippen MR) is 182 cm³/mol. The molecule has 1 fully saturated rings. The van der Waals surface area contributed by atoms with E-state index in [4.69, 9.17) is 9.97 Å². The Labute approximate surface area is 261 Å². The van der Waals surface area contributed by atoms with Gasteiger partial charge < -0.3 is 9.80 Å². The number of para-hydroxylation sites is 2. The fourth-order valence-corrected chi connectivity index (χ4v) is 8.83. The Hall–Kier alpha value is -4.44. The van der Waals surface area contributed by atoms with E-state index in [1.54, 1.807) is 0 Å². The molecule has 1 aliphatic carbocycles. The van der Waals surface area contributed by atoms with Gasteiger partial charge in [-0.3, -0.25) is 0 Å². The molecule has 8 rings (SSSR count). The molecule has 0 amide bonds. The Morgan fingerprint density at radius 2 is 1.09 bits per heavy atom. The number of hydrogen-bond acceptors (Lipinski definition) is 4. The number of nitrogens with zero attached hydrogens (tertiary/aromatic N) is 4. The van der Waals surface area contributed by atoms with Gasteiger partial charge in [0.15, 0.2) is 11.6 Å². The lowest BCUT2D eigenvalue weighted by atomic mass is 9.81. The first kappa shape index (κ1) is 27.1. The van der Waals surface area contributed by atoms with Gasteiger partial charge in [0.2, 0.25) is 0 Å². The normalized spacial score (nSPS) is 22.8. The van der Waals surface area contributed by atoms with E-state index >= 15 is 0 Å². The average Bonchev–Trinajstić information content (AvgIpc) is 3.41. The number of aromatic nitrogens is 2. The lowest BCUT2D eigenvalue weighted by Gasteiger charge is -2.44. The van der Waals surface area contributed by atoms with Crippen LogP contribution in [0.3, 0.4) is 0 Å². The number of anilines is 4. The minimum Gasteiger partial charge on any atom is -0.301 e. The van der Waals surface area contributed by atoms with Gasteiger partial charge in [0.25, 0.3) is 0 Å². The number of rotatable bonds is 3. The maximum atomic E-state index is 5.74. The van der Waals surface area contributed by atoms with Crippen LogP contribution in [0.25, 0.3) is 22.5 Å². The molecule has 4 heteroatoms. The van der Waals surface area contributed by atoms with Gasteiger partial charge in [-0.2, -0.15) is 0 Å². The van der Waals surface area contributed by atoms with E-state index in [0.29, 0.717) is 0 Å². The molecule has 44 heavy (non-hydrogen) atoms. The average molecular weight is 577 g/mol. The molecule has 3 heterocycles. The van der Waals surface area contributed by atoms with Gasteiger partial charge in [-0.1, -0.05) is 85.6 Å². The van der Waals surface area contributed by atoms with E-state index in [1.807, 2.05) is 0 Å². The van der Waals surface area contributed by atoms with E-state index < -0.39 is 0 Å². The molecule has 2 aliphatic heterocycles. The smallest absolute Gasteiger partial charge is 0.179 e. The molecule has 4 nitrogen and oxygen atoms in total. The molecular weight excluding hydrogens is 536 g/mol. The SMILES string of the molecule is Cc1cc(C)c(-c2nc3c(nc2-c2c(C)cc(C)cc2C)N2c4ccccc4C4(C)CC4(C)C2N3c2ccccc2)c(C)c1. The van der Waals surface area contributed by atoms with Gasteiger partial charge in [-0.15, -0.1) is 0 Å². The maximum absolute atomic E-state index is 5.74. The summed E-state index contributed by atoms with van der Waals surface area (Å²) in [4.78, 5) is 16.5. The van der Waals surface area contributed by atoms with E-state index in [0.717, 1.165) is 35.1 Å². The summed E-state index contributed by atoms with van der Waals surface area (Å²) >= 11 is 0. The van der Waals surface area contributed by atoms with Crippen LogP contribution in [0, 0.1) is 47.0 Å². The largest absolute Gasteiger partial charge is 0.301 e. The van der Waals surface area contributed by atoms with Crippen LogP contribution < -0.4 is 9.80 Å². The third kappa shape index (κ3) is 3.51. The van der Waals surface area contributed by atoms with Crippen molar-refractivity contribution in [1.29, 1.82) is 0 Å². The Morgan fingerprint density at radius 3 is 1.64 bits per heavy atom. The van der Waals surface area contributed by atoms with Gasteiger partial charge in [0, 0.05) is 33.3 Å². The number of aryl methyl sites for hydroxylation is 6. The van der Waals surface area contributed by atoms with Crippen molar-refractivity contribution >= 4 is 23.0 Å². The highest BCUT2D eigenvalue weighted by molar-refractivity contribution is 5.93. The third-order valence-electron chi connectivity index (χ3n) is 10.9. The number of fused-ring (bicyclic) bond motifs is 8. The zero-order valence-electron chi connectivity index (χ0n) is 27.1. The number of hydrogen-bond donors (Lipinski definition) is 0.